The number of nitrogens with one attached hydrogen (secondary N) is 2. The van der Waals surface area contributed by atoms with Crippen LogP contribution in [-0.2, 0) is 12.4 Å². The van der Waals surface area contributed by atoms with Gasteiger partial charge in [0.2, 0.25) is 5.16 Å². The van der Waals surface area contributed by atoms with Gasteiger partial charge in [-0.2, -0.15) is 26.3 Å². The number of thioether (sulfide) groups is 2. The quantitative estimate of drug-likeness (QED) is 0.616. The van der Waals surface area contributed by atoms with Crippen LogP contribution in [0.1, 0.15) is 11.1 Å². The number of rotatable bonds is 1. The third-order valence-corrected chi connectivity index (χ3v) is 5.93. The maximum Gasteiger partial charge on any atom is 0.416 e. The van der Waals surface area contributed by atoms with E-state index in [9.17, 15) is 26.3 Å². The van der Waals surface area contributed by atoms with Crippen LogP contribution in [0.15, 0.2) is 39.0 Å². The highest BCUT2D eigenvalue weighted by atomic mass is 32.2. The molecule has 14 heteroatoms. The highest BCUT2D eigenvalue weighted by Gasteiger charge is 2.37. The fourth-order valence-corrected chi connectivity index (χ4v) is 4.23. The summed E-state index contributed by atoms with van der Waals surface area (Å²) in [5, 5.41) is 12.6. The second kappa shape index (κ2) is 7.41. The van der Waals surface area contributed by atoms with Gasteiger partial charge in [0.05, 0.1) is 29.2 Å². The summed E-state index contributed by atoms with van der Waals surface area (Å²) in [6, 6.07) is 1.34. The number of benzene rings is 1. The number of amidine groups is 1. The highest BCUT2D eigenvalue weighted by Crippen LogP contribution is 2.39. The van der Waals surface area contributed by atoms with E-state index in [-0.39, 0.29) is 29.2 Å². The van der Waals surface area contributed by atoms with E-state index < -0.39 is 23.5 Å². The second-order valence-electron chi connectivity index (χ2n) is 6.26. The van der Waals surface area contributed by atoms with Gasteiger partial charge in [-0.1, -0.05) is 11.8 Å². The number of aliphatic imine (C=N–C) groups is 1. The van der Waals surface area contributed by atoms with Crippen LogP contribution in [0.5, 0.6) is 0 Å². The van der Waals surface area contributed by atoms with Crippen molar-refractivity contribution >= 4 is 28.7 Å². The van der Waals surface area contributed by atoms with Crippen LogP contribution in [0.4, 0.5) is 26.3 Å². The van der Waals surface area contributed by atoms with Gasteiger partial charge in [0.1, 0.15) is 0 Å². The van der Waals surface area contributed by atoms with Crippen LogP contribution in [0.3, 0.4) is 0 Å². The van der Waals surface area contributed by atoms with E-state index in [2.05, 4.69) is 25.9 Å². The van der Waals surface area contributed by atoms with Gasteiger partial charge in [-0.05, 0) is 36.2 Å². The molecule has 0 amide bonds. The average Bonchev–Trinajstić information content (AvgIpc) is 2.98. The van der Waals surface area contributed by atoms with Crippen LogP contribution in [0.25, 0.3) is 11.4 Å². The van der Waals surface area contributed by atoms with Crippen LogP contribution < -0.4 is 10.7 Å². The van der Waals surface area contributed by atoms with Crippen LogP contribution >= 0.6 is 23.5 Å². The molecule has 1 aromatic carbocycles. The van der Waals surface area contributed by atoms with E-state index in [0.717, 1.165) is 10.6 Å². The zero-order valence-electron chi connectivity index (χ0n) is 15.0. The minimum absolute atomic E-state index is 0.0802. The summed E-state index contributed by atoms with van der Waals surface area (Å²) in [6.07, 6.45) is -8.05. The Bertz CT molecular complexity index is 1020. The molecule has 6 nitrogen and oxygen atoms in total. The van der Waals surface area contributed by atoms with Crippen molar-refractivity contribution in [2.45, 2.75) is 17.5 Å². The predicted molar refractivity (Wildman–Crippen MR) is 102 cm³/mol. The van der Waals surface area contributed by atoms with Crippen LogP contribution in [-0.4, -0.2) is 39.4 Å². The van der Waals surface area contributed by atoms with Gasteiger partial charge in [0, 0.05) is 11.1 Å². The standard InChI is InChI=1S/C16H12F6N6S2/c1-29-13-23-5-8-6-24-28-11(26-27-14(28)30-12(8)25-13)7-2-9(15(17,18)19)4-10(3-7)16(20,21)22/h2-4,24H,5-6H2,1H3,(H,23,25). The third kappa shape index (κ3) is 3.97. The van der Waals surface area contributed by atoms with E-state index in [1.54, 1.807) is 0 Å². The second-order valence-corrected chi connectivity index (χ2v) is 8.03. The zero-order chi connectivity index (χ0) is 21.7. The number of hydrogen-bond donors (Lipinski definition) is 2. The van der Waals surface area contributed by atoms with Crippen LogP contribution in [0.2, 0.25) is 0 Å². The Balaban J connectivity index is 1.74. The van der Waals surface area contributed by atoms with E-state index in [4.69, 9.17) is 0 Å². The first kappa shape index (κ1) is 20.9. The summed E-state index contributed by atoms with van der Waals surface area (Å²) in [5.41, 5.74) is 0.662. The molecule has 30 heavy (non-hydrogen) atoms. The first-order valence-electron chi connectivity index (χ1n) is 8.31. The maximum absolute atomic E-state index is 13.2. The molecule has 160 valence electrons. The van der Waals surface area contributed by atoms with Crippen molar-refractivity contribution in [3.8, 4) is 11.4 Å². The lowest BCUT2D eigenvalue weighted by Crippen LogP contribution is -2.27. The molecule has 2 aliphatic rings. The number of halogens is 6. The molecule has 2 aromatic rings. The summed E-state index contributed by atoms with van der Waals surface area (Å²) in [7, 11) is 0. The number of alkyl halides is 6. The Kier molecular flexibility index (Phi) is 5.16. The predicted octanol–water partition coefficient (Wildman–Crippen LogP) is 4.17. The van der Waals surface area contributed by atoms with Gasteiger partial charge in [-0.15, -0.1) is 10.2 Å². The first-order chi connectivity index (χ1) is 14.1. The molecular weight excluding hydrogens is 454 g/mol. The van der Waals surface area contributed by atoms with E-state index in [1.165, 1.54) is 28.2 Å². The number of nitrogens with zero attached hydrogens (tertiary/aromatic N) is 4. The molecule has 0 saturated heterocycles. The fraction of sp³-hybridized carbons (Fsp3) is 0.312. The lowest BCUT2D eigenvalue weighted by atomic mass is 10.0. The van der Waals surface area contributed by atoms with Crippen molar-refractivity contribution in [1.29, 1.82) is 0 Å². The molecule has 2 N–H and O–H groups in total. The van der Waals surface area contributed by atoms with Gasteiger partial charge < -0.3 is 10.7 Å². The molecule has 3 heterocycles. The van der Waals surface area contributed by atoms with Gasteiger partial charge in [-0.3, -0.25) is 4.99 Å². The van der Waals surface area contributed by atoms with Gasteiger partial charge in [-0.25, -0.2) is 4.68 Å². The summed E-state index contributed by atoms with van der Waals surface area (Å²) in [4.78, 5) is 4.34. The molecule has 1 aromatic heterocycles. The Labute approximate surface area is 174 Å². The summed E-state index contributed by atoms with van der Waals surface area (Å²) in [6.45, 7) is 0.678. The Morgan fingerprint density at radius 1 is 1.03 bits per heavy atom. The lowest BCUT2D eigenvalue weighted by molar-refractivity contribution is -0.143. The van der Waals surface area contributed by atoms with Crippen molar-refractivity contribution < 1.29 is 26.3 Å². The van der Waals surface area contributed by atoms with Gasteiger partial charge >= 0.3 is 12.4 Å². The minimum atomic E-state index is -4.95. The topological polar surface area (TPSA) is 67.1 Å². The average molecular weight is 466 g/mol. The van der Waals surface area contributed by atoms with E-state index >= 15 is 0 Å². The Morgan fingerprint density at radius 2 is 1.70 bits per heavy atom. The molecule has 0 bridgehead atoms. The molecule has 0 spiro atoms. The third-order valence-electron chi connectivity index (χ3n) is 4.27. The maximum atomic E-state index is 13.2. The van der Waals surface area contributed by atoms with Crippen molar-refractivity contribution in [1.82, 2.24) is 20.2 Å². The SMILES string of the molecule is CSC1=NCC2=C(N1)Sc1nnc(-c3cc(C(F)(F)F)cc(C(F)(F)F)c3)n1NC2. The highest BCUT2D eigenvalue weighted by molar-refractivity contribution is 8.13. The molecule has 4 rings (SSSR count). The molecule has 0 radical (unpaired) electrons. The Hall–Kier alpha value is -2.35. The molecule has 0 aliphatic carbocycles. The summed E-state index contributed by atoms with van der Waals surface area (Å²) >= 11 is 2.59. The van der Waals surface area contributed by atoms with Crippen molar-refractivity contribution in [2.75, 3.05) is 24.8 Å². The molecule has 0 atom stereocenters. The van der Waals surface area contributed by atoms with E-state index in [1.807, 2.05) is 6.26 Å². The number of aromatic nitrogens is 3. The van der Waals surface area contributed by atoms with Gasteiger partial charge in [0.25, 0.3) is 0 Å². The largest absolute Gasteiger partial charge is 0.416 e. The fourth-order valence-electron chi connectivity index (χ4n) is 2.83. The summed E-state index contributed by atoms with van der Waals surface area (Å²) in [5.74, 6) is -0.153. The lowest BCUT2D eigenvalue weighted by Gasteiger charge is -2.18. The zero-order valence-corrected chi connectivity index (χ0v) is 16.7. The number of hydrogen-bond acceptors (Lipinski definition) is 7. The van der Waals surface area contributed by atoms with Crippen LogP contribution in [0, 0.1) is 0 Å². The number of fused-ring (bicyclic) bond motifs is 1. The van der Waals surface area contributed by atoms with Crippen molar-refractivity contribution in [3.63, 3.8) is 0 Å². The van der Waals surface area contributed by atoms with E-state index in [0.29, 0.717) is 23.8 Å². The smallest absolute Gasteiger partial charge is 0.329 e. The molecule has 0 unspecified atom stereocenters. The monoisotopic (exact) mass is 466 g/mol. The minimum Gasteiger partial charge on any atom is -0.329 e. The van der Waals surface area contributed by atoms with Crippen molar-refractivity contribution in [2.24, 2.45) is 4.99 Å². The molecule has 0 fully saturated rings. The van der Waals surface area contributed by atoms with Gasteiger partial charge in [0.15, 0.2) is 11.0 Å². The Morgan fingerprint density at radius 3 is 2.30 bits per heavy atom. The normalized spacial score (nSPS) is 16.8. The van der Waals surface area contributed by atoms with Crippen molar-refractivity contribution in [3.05, 3.63) is 39.9 Å². The summed E-state index contributed by atoms with van der Waals surface area (Å²) < 4.78 is 80.5. The first-order valence-corrected chi connectivity index (χ1v) is 10.3. The molecular formula is C16H12F6N6S2. The molecule has 2 aliphatic heterocycles. The molecule has 0 saturated carbocycles.